The van der Waals surface area contributed by atoms with Gasteiger partial charge in [0.05, 0.1) is 5.69 Å². The molecule has 0 fully saturated rings. The third-order valence-electron chi connectivity index (χ3n) is 3.30. The molecule has 0 aliphatic rings. The number of nitrogens with one attached hydrogen (secondary N) is 1. The zero-order valence-electron chi connectivity index (χ0n) is 13.6. The highest BCUT2D eigenvalue weighted by Crippen LogP contribution is 2.24. The Kier molecular flexibility index (Phi) is 5.89. The highest BCUT2D eigenvalue weighted by atomic mass is 19.1. The molecule has 0 aromatic heterocycles. The first-order chi connectivity index (χ1) is 11.5. The standard InChI is InChI=1S/C18H19FN2O3/c1-3-21(15-10-8-14(19)9-11-15)18(23)12-24-17-7-5-4-6-16(17)20-13(2)22/h4-11H,3,12H2,1-2H3,(H,20,22). The summed E-state index contributed by atoms with van der Waals surface area (Å²) in [7, 11) is 0. The van der Waals surface area contributed by atoms with Gasteiger partial charge in [-0.25, -0.2) is 4.39 Å². The van der Waals surface area contributed by atoms with E-state index < -0.39 is 0 Å². The van der Waals surface area contributed by atoms with Crippen LogP contribution in [0.4, 0.5) is 15.8 Å². The first-order valence-corrected chi connectivity index (χ1v) is 7.56. The minimum absolute atomic E-state index is 0.193. The zero-order valence-corrected chi connectivity index (χ0v) is 13.6. The van der Waals surface area contributed by atoms with Crippen molar-refractivity contribution in [3.05, 3.63) is 54.3 Å². The number of hydrogen-bond donors (Lipinski definition) is 1. The molecule has 0 saturated carbocycles. The molecule has 0 saturated heterocycles. The molecule has 1 N–H and O–H groups in total. The van der Waals surface area contributed by atoms with E-state index in [0.717, 1.165) is 0 Å². The van der Waals surface area contributed by atoms with Crippen molar-refractivity contribution in [3.63, 3.8) is 0 Å². The van der Waals surface area contributed by atoms with Crippen LogP contribution in [0.15, 0.2) is 48.5 Å². The van der Waals surface area contributed by atoms with Gasteiger partial charge < -0.3 is 15.0 Å². The molecule has 0 atom stereocenters. The smallest absolute Gasteiger partial charge is 0.264 e. The SMILES string of the molecule is CCN(C(=O)COc1ccccc1NC(C)=O)c1ccc(F)cc1. The van der Waals surface area contributed by atoms with Gasteiger partial charge in [-0.15, -0.1) is 0 Å². The van der Waals surface area contributed by atoms with Gasteiger partial charge in [0.15, 0.2) is 6.61 Å². The number of para-hydroxylation sites is 2. The molecule has 6 heteroatoms. The van der Waals surface area contributed by atoms with Crippen molar-refractivity contribution in [2.45, 2.75) is 13.8 Å². The molecule has 126 valence electrons. The number of ether oxygens (including phenoxy) is 1. The molecule has 0 bridgehead atoms. The number of benzene rings is 2. The van der Waals surface area contributed by atoms with Crippen LogP contribution in [-0.2, 0) is 9.59 Å². The number of amides is 2. The zero-order chi connectivity index (χ0) is 17.5. The molecule has 2 amide bonds. The number of rotatable bonds is 6. The molecule has 0 unspecified atom stereocenters. The Hall–Kier alpha value is -2.89. The molecule has 2 aromatic carbocycles. The van der Waals surface area contributed by atoms with Gasteiger partial charge in [-0.1, -0.05) is 12.1 Å². The van der Waals surface area contributed by atoms with Crippen molar-refractivity contribution >= 4 is 23.2 Å². The molecule has 0 aliphatic heterocycles. The summed E-state index contributed by atoms with van der Waals surface area (Å²) in [6.07, 6.45) is 0. The largest absolute Gasteiger partial charge is 0.482 e. The van der Waals surface area contributed by atoms with Crippen LogP contribution in [0.3, 0.4) is 0 Å². The Bertz CT molecular complexity index is 716. The third-order valence-corrected chi connectivity index (χ3v) is 3.30. The van der Waals surface area contributed by atoms with Crippen molar-refractivity contribution in [2.24, 2.45) is 0 Å². The van der Waals surface area contributed by atoms with E-state index in [1.165, 1.54) is 24.0 Å². The van der Waals surface area contributed by atoms with Crippen molar-refractivity contribution < 1.29 is 18.7 Å². The molecule has 24 heavy (non-hydrogen) atoms. The lowest BCUT2D eigenvalue weighted by Gasteiger charge is -2.21. The average Bonchev–Trinajstić information content (AvgIpc) is 2.56. The predicted octanol–water partition coefficient (Wildman–Crippen LogP) is 3.22. The first kappa shape index (κ1) is 17.5. The van der Waals surface area contributed by atoms with E-state index in [2.05, 4.69) is 5.32 Å². The van der Waals surface area contributed by atoms with Crippen LogP contribution >= 0.6 is 0 Å². The summed E-state index contributed by atoms with van der Waals surface area (Å²) in [6.45, 7) is 3.46. The molecule has 5 nitrogen and oxygen atoms in total. The van der Waals surface area contributed by atoms with E-state index in [-0.39, 0.29) is 24.2 Å². The van der Waals surface area contributed by atoms with E-state index in [1.807, 2.05) is 6.92 Å². The summed E-state index contributed by atoms with van der Waals surface area (Å²) in [5.41, 5.74) is 1.10. The predicted molar refractivity (Wildman–Crippen MR) is 90.7 cm³/mol. The molecule has 0 aliphatic carbocycles. The van der Waals surface area contributed by atoms with Crippen LogP contribution in [-0.4, -0.2) is 25.0 Å². The minimum Gasteiger partial charge on any atom is -0.482 e. The van der Waals surface area contributed by atoms with Crippen molar-refractivity contribution in [1.82, 2.24) is 0 Å². The van der Waals surface area contributed by atoms with E-state index in [4.69, 9.17) is 4.74 Å². The highest BCUT2D eigenvalue weighted by Gasteiger charge is 2.15. The fourth-order valence-electron chi connectivity index (χ4n) is 2.23. The molecule has 0 radical (unpaired) electrons. The Labute approximate surface area is 140 Å². The maximum atomic E-state index is 13.0. The Morgan fingerprint density at radius 1 is 1.12 bits per heavy atom. The van der Waals surface area contributed by atoms with Gasteiger partial charge in [0.2, 0.25) is 5.91 Å². The fraction of sp³-hybridized carbons (Fsp3) is 0.222. The van der Waals surface area contributed by atoms with E-state index in [0.29, 0.717) is 23.7 Å². The summed E-state index contributed by atoms with van der Waals surface area (Å²) in [5, 5.41) is 2.65. The van der Waals surface area contributed by atoms with E-state index >= 15 is 0 Å². The number of hydrogen-bond acceptors (Lipinski definition) is 3. The minimum atomic E-state index is -0.359. The van der Waals surface area contributed by atoms with Crippen LogP contribution in [0, 0.1) is 5.82 Å². The lowest BCUT2D eigenvalue weighted by molar-refractivity contribution is -0.120. The number of halogens is 1. The number of anilines is 2. The Morgan fingerprint density at radius 2 is 1.79 bits per heavy atom. The van der Waals surface area contributed by atoms with Crippen molar-refractivity contribution in [1.29, 1.82) is 0 Å². The highest BCUT2D eigenvalue weighted by molar-refractivity contribution is 5.94. The van der Waals surface area contributed by atoms with Gasteiger partial charge in [0, 0.05) is 19.2 Å². The van der Waals surface area contributed by atoms with Crippen LogP contribution in [0.25, 0.3) is 0 Å². The number of likely N-dealkylation sites (N-methyl/N-ethyl adjacent to an activating group) is 1. The summed E-state index contributed by atoms with van der Waals surface area (Å²) >= 11 is 0. The van der Waals surface area contributed by atoms with Gasteiger partial charge >= 0.3 is 0 Å². The summed E-state index contributed by atoms with van der Waals surface area (Å²) < 4.78 is 18.6. The van der Waals surface area contributed by atoms with Crippen LogP contribution in [0.5, 0.6) is 5.75 Å². The lowest BCUT2D eigenvalue weighted by atomic mass is 10.2. The van der Waals surface area contributed by atoms with Crippen LogP contribution < -0.4 is 15.0 Å². The second-order valence-corrected chi connectivity index (χ2v) is 5.08. The van der Waals surface area contributed by atoms with Crippen LogP contribution in [0.2, 0.25) is 0 Å². The first-order valence-electron chi connectivity index (χ1n) is 7.56. The summed E-state index contributed by atoms with van der Waals surface area (Å²) in [4.78, 5) is 25.1. The molecular formula is C18H19FN2O3. The molecular weight excluding hydrogens is 311 g/mol. The fourth-order valence-corrected chi connectivity index (χ4v) is 2.23. The maximum Gasteiger partial charge on any atom is 0.264 e. The lowest BCUT2D eigenvalue weighted by Crippen LogP contribution is -2.34. The van der Waals surface area contributed by atoms with Gasteiger partial charge in [-0.2, -0.15) is 0 Å². The van der Waals surface area contributed by atoms with Gasteiger partial charge in [0.25, 0.3) is 5.91 Å². The summed E-state index contributed by atoms with van der Waals surface area (Å²) in [5.74, 6) is -0.431. The Balaban J connectivity index is 2.06. The van der Waals surface area contributed by atoms with Gasteiger partial charge in [-0.05, 0) is 43.3 Å². The second-order valence-electron chi connectivity index (χ2n) is 5.08. The topological polar surface area (TPSA) is 58.6 Å². The average molecular weight is 330 g/mol. The van der Waals surface area contributed by atoms with Crippen molar-refractivity contribution in [3.8, 4) is 5.75 Å². The Morgan fingerprint density at radius 3 is 2.42 bits per heavy atom. The third kappa shape index (κ3) is 4.55. The molecule has 0 spiro atoms. The normalized spacial score (nSPS) is 10.1. The molecule has 0 heterocycles. The second kappa shape index (κ2) is 8.10. The van der Waals surface area contributed by atoms with E-state index in [1.54, 1.807) is 36.4 Å². The van der Waals surface area contributed by atoms with Gasteiger partial charge in [-0.3, -0.25) is 9.59 Å². The summed E-state index contributed by atoms with van der Waals surface area (Å²) in [6, 6.07) is 12.6. The number of carbonyl (C=O) groups is 2. The van der Waals surface area contributed by atoms with E-state index in [9.17, 15) is 14.0 Å². The maximum absolute atomic E-state index is 13.0. The molecule has 2 rings (SSSR count). The number of carbonyl (C=O) groups excluding carboxylic acids is 2. The van der Waals surface area contributed by atoms with Crippen LogP contribution in [0.1, 0.15) is 13.8 Å². The number of nitrogens with zero attached hydrogens (tertiary/aromatic N) is 1. The molecule has 2 aromatic rings. The monoisotopic (exact) mass is 330 g/mol. The quantitative estimate of drug-likeness (QED) is 0.885. The van der Waals surface area contributed by atoms with Crippen molar-refractivity contribution in [2.75, 3.05) is 23.4 Å². The van der Waals surface area contributed by atoms with Gasteiger partial charge in [0.1, 0.15) is 11.6 Å².